The van der Waals surface area contributed by atoms with Crippen LogP contribution in [0.15, 0.2) is 0 Å². The van der Waals surface area contributed by atoms with Crippen LogP contribution in [0.5, 0.6) is 0 Å². The fraction of sp³-hybridized carbons (Fsp3) is 0.900. The second-order valence-corrected chi connectivity index (χ2v) is 4.18. The Bertz CT molecular complexity index is 181. The molecule has 1 fully saturated rings. The van der Waals surface area contributed by atoms with E-state index in [1.807, 2.05) is 7.05 Å². The molecule has 0 aromatic heterocycles. The van der Waals surface area contributed by atoms with Gasteiger partial charge in [-0.05, 0) is 25.0 Å². The predicted molar refractivity (Wildman–Crippen MR) is 59.7 cm³/mol. The zero-order valence-corrected chi connectivity index (χ0v) is 9.63. The number of hydrogen-bond donors (Lipinski definition) is 1. The molecule has 1 aliphatic heterocycles. The fourth-order valence-corrected chi connectivity index (χ4v) is 1.84. The molecule has 1 saturated heterocycles. The van der Waals surface area contributed by atoms with Gasteiger partial charge in [-0.15, -0.1) is 0 Å². The molecule has 4 heteroatoms. The Morgan fingerprint density at radius 2 is 2.36 bits per heavy atom. The largest absolute Gasteiger partial charge is 0.376 e. The summed E-state index contributed by atoms with van der Waals surface area (Å²) >= 11 is 4.04. The summed E-state index contributed by atoms with van der Waals surface area (Å²) in [4.78, 5) is 13.2. The van der Waals surface area contributed by atoms with Crippen molar-refractivity contribution in [1.82, 2.24) is 4.90 Å². The van der Waals surface area contributed by atoms with Gasteiger partial charge in [0.1, 0.15) is 0 Å². The third-order valence-electron chi connectivity index (χ3n) is 2.50. The molecule has 0 bridgehead atoms. The molecule has 3 nitrogen and oxygen atoms in total. The highest BCUT2D eigenvalue weighted by atomic mass is 32.1. The van der Waals surface area contributed by atoms with Crippen molar-refractivity contribution < 1.29 is 9.53 Å². The Kier molecular flexibility index (Phi) is 5.33. The standard InChI is InChI=1S/C10H19NO2S/c1-11(10(12)5-7-14)8-9-4-2-3-6-13-9/h9,14H,2-8H2,1H3. The molecule has 0 saturated carbocycles. The molecule has 1 rings (SSSR count). The first-order chi connectivity index (χ1) is 6.74. The zero-order valence-electron chi connectivity index (χ0n) is 8.74. The SMILES string of the molecule is CN(CC1CCCCO1)C(=O)CCS. The summed E-state index contributed by atoms with van der Waals surface area (Å²) < 4.78 is 5.56. The van der Waals surface area contributed by atoms with E-state index in [0.29, 0.717) is 12.2 Å². The number of carbonyl (C=O) groups excluding carboxylic acids is 1. The van der Waals surface area contributed by atoms with Gasteiger partial charge in [-0.25, -0.2) is 0 Å². The number of rotatable bonds is 4. The molecular weight excluding hydrogens is 198 g/mol. The van der Waals surface area contributed by atoms with E-state index >= 15 is 0 Å². The van der Waals surface area contributed by atoms with Gasteiger partial charge in [-0.2, -0.15) is 12.6 Å². The molecular formula is C10H19NO2S. The van der Waals surface area contributed by atoms with Crippen molar-refractivity contribution in [2.45, 2.75) is 31.8 Å². The first kappa shape index (κ1) is 11.9. The zero-order chi connectivity index (χ0) is 10.4. The minimum atomic E-state index is 0.161. The third-order valence-corrected chi connectivity index (χ3v) is 2.73. The molecule has 0 aromatic carbocycles. The fourth-order valence-electron chi connectivity index (χ4n) is 1.65. The van der Waals surface area contributed by atoms with Crippen LogP contribution in [0.4, 0.5) is 0 Å². The summed E-state index contributed by atoms with van der Waals surface area (Å²) in [5.74, 6) is 0.781. The highest BCUT2D eigenvalue weighted by Crippen LogP contribution is 2.13. The summed E-state index contributed by atoms with van der Waals surface area (Å²) in [5.41, 5.74) is 0. The van der Waals surface area contributed by atoms with Crippen molar-refractivity contribution in [3.63, 3.8) is 0 Å². The second kappa shape index (κ2) is 6.30. The third kappa shape index (κ3) is 3.88. The molecule has 0 N–H and O–H groups in total. The van der Waals surface area contributed by atoms with E-state index in [-0.39, 0.29) is 12.0 Å². The maximum absolute atomic E-state index is 11.4. The molecule has 0 spiro atoms. The summed E-state index contributed by atoms with van der Waals surface area (Å²) in [6.07, 6.45) is 4.23. The Morgan fingerprint density at radius 1 is 1.57 bits per heavy atom. The molecule has 0 aromatic rings. The lowest BCUT2D eigenvalue weighted by Crippen LogP contribution is -2.37. The number of thiol groups is 1. The number of ether oxygens (including phenoxy) is 1. The van der Waals surface area contributed by atoms with Crippen LogP contribution < -0.4 is 0 Å². The molecule has 1 heterocycles. The summed E-state index contributed by atoms with van der Waals surface area (Å²) in [5, 5.41) is 0. The highest BCUT2D eigenvalue weighted by molar-refractivity contribution is 7.80. The number of nitrogens with zero attached hydrogens (tertiary/aromatic N) is 1. The van der Waals surface area contributed by atoms with E-state index in [9.17, 15) is 4.79 Å². The van der Waals surface area contributed by atoms with E-state index < -0.39 is 0 Å². The van der Waals surface area contributed by atoms with Crippen LogP contribution in [0, 0.1) is 0 Å². The topological polar surface area (TPSA) is 29.5 Å². The minimum absolute atomic E-state index is 0.161. The van der Waals surface area contributed by atoms with Gasteiger partial charge in [-0.1, -0.05) is 0 Å². The smallest absolute Gasteiger partial charge is 0.223 e. The van der Waals surface area contributed by atoms with Gasteiger partial charge < -0.3 is 9.64 Å². The van der Waals surface area contributed by atoms with Crippen molar-refractivity contribution in [1.29, 1.82) is 0 Å². The number of hydrogen-bond acceptors (Lipinski definition) is 3. The lowest BCUT2D eigenvalue weighted by atomic mass is 10.1. The molecule has 14 heavy (non-hydrogen) atoms. The summed E-state index contributed by atoms with van der Waals surface area (Å²) in [6, 6.07) is 0. The van der Waals surface area contributed by atoms with Crippen molar-refractivity contribution in [2.75, 3.05) is 26.0 Å². The van der Waals surface area contributed by atoms with Crippen LogP contribution >= 0.6 is 12.6 Å². The van der Waals surface area contributed by atoms with Crippen molar-refractivity contribution in [3.05, 3.63) is 0 Å². The Hall–Kier alpha value is -0.220. The highest BCUT2D eigenvalue weighted by Gasteiger charge is 2.17. The molecule has 1 unspecified atom stereocenters. The lowest BCUT2D eigenvalue weighted by molar-refractivity contribution is -0.131. The van der Waals surface area contributed by atoms with Crippen LogP contribution in [0.25, 0.3) is 0 Å². The first-order valence-electron chi connectivity index (χ1n) is 5.20. The van der Waals surface area contributed by atoms with Gasteiger partial charge >= 0.3 is 0 Å². The van der Waals surface area contributed by atoms with Gasteiger partial charge in [-0.3, -0.25) is 4.79 Å². The minimum Gasteiger partial charge on any atom is -0.376 e. The van der Waals surface area contributed by atoms with E-state index in [1.165, 1.54) is 6.42 Å². The first-order valence-corrected chi connectivity index (χ1v) is 5.83. The maximum atomic E-state index is 11.4. The molecule has 1 atom stereocenters. The summed E-state index contributed by atoms with van der Waals surface area (Å²) in [6.45, 7) is 1.58. The Morgan fingerprint density at radius 3 is 2.93 bits per heavy atom. The predicted octanol–water partition coefficient (Wildman–Crippen LogP) is 1.33. The second-order valence-electron chi connectivity index (χ2n) is 3.74. The molecule has 82 valence electrons. The number of amides is 1. The quantitative estimate of drug-likeness (QED) is 0.720. The van der Waals surface area contributed by atoms with Crippen LogP contribution in [-0.2, 0) is 9.53 Å². The normalized spacial score (nSPS) is 22.0. The molecule has 0 radical (unpaired) electrons. The van der Waals surface area contributed by atoms with Crippen LogP contribution in [0.3, 0.4) is 0 Å². The van der Waals surface area contributed by atoms with Crippen LogP contribution in [-0.4, -0.2) is 42.9 Å². The molecule has 1 aliphatic rings. The van der Waals surface area contributed by atoms with Crippen molar-refractivity contribution in [3.8, 4) is 0 Å². The van der Waals surface area contributed by atoms with E-state index in [2.05, 4.69) is 12.6 Å². The van der Waals surface area contributed by atoms with Gasteiger partial charge in [0.2, 0.25) is 5.91 Å². The Labute approximate surface area is 91.2 Å². The van der Waals surface area contributed by atoms with E-state index in [1.54, 1.807) is 4.90 Å². The van der Waals surface area contributed by atoms with Gasteiger partial charge in [0, 0.05) is 26.6 Å². The van der Waals surface area contributed by atoms with Crippen LogP contribution in [0.1, 0.15) is 25.7 Å². The van der Waals surface area contributed by atoms with Gasteiger partial charge in [0.05, 0.1) is 6.10 Å². The van der Waals surface area contributed by atoms with Gasteiger partial charge in [0.25, 0.3) is 0 Å². The lowest BCUT2D eigenvalue weighted by Gasteiger charge is -2.27. The Balaban J connectivity index is 2.24. The van der Waals surface area contributed by atoms with Crippen molar-refractivity contribution in [2.24, 2.45) is 0 Å². The monoisotopic (exact) mass is 217 g/mol. The van der Waals surface area contributed by atoms with E-state index in [4.69, 9.17) is 4.74 Å². The average molecular weight is 217 g/mol. The number of carbonyl (C=O) groups is 1. The van der Waals surface area contributed by atoms with Crippen molar-refractivity contribution >= 4 is 18.5 Å². The summed E-state index contributed by atoms with van der Waals surface area (Å²) in [7, 11) is 1.84. The maximum Gasteiger partial charge on any atom is 0.223 e. The van der Waals surface area contributed by atoms with E-state index in [0.717, 1.165) is 26.0 Å². The average Bonchev–Trinajstić information content (AvgIpc) is 2.19. The number of likely N-dealkylation sites (N-methyl/N-ethyl adjacent to an activating group) is 1. The molecule has 1 amide bonds. The van der Waals surface area contributed by atoms with Crippen LogP contribution in [0.2, 0.25) is 0 Å². The molecule has 0 aliphatic carbocycles. The van der Waals surface area contributed by atoms with Gasteiger partial charge in [0.15, 0.2) is 0 Å².